The number of nitriles is 1. The zero-order valence-electron chi connectivity index (χ0n) is 8.90. The van der Waals surface area contributed by atoms with Crippen molar-refractivity contribution in [3.05, 3.63) is 29.8 Å². The van der Waals surface area contributed by atoms with E-state index in [-0.39, 0.29) is 0 Å². The van der Waals surface area contributed by atoms with Crippen LogP contribution in [0, 0.1) is 11.3 Å². The van der Waals surface area contributed by atoms with Crippen LogP contribution < -0.4 is 10.5 Å². The summed E-state index contributed by atoms with van der Waals surface area (Å²) in [6, 6.07) is 9.51. The van der Waals surface area contributed by atoms with E-state index in [1.165, 1.54) is 0 Å². The summed E-state index contributed by atoms with van der Waals surface area (Å²) in [5.41, 5.74) is 6.25. The number of benzene rings is 1. The first-order valence-electron chi connectivity index (χ1n) is 4.99. The summed E-state index contributed by atoms with van der Waals surface area (Å²) in [7, 11) is 0. The lowest BCUT2D eigenvalue weighted by Gasteiger charge is -2.08. The molecule has 2 N–H and O–H groups in total. The number of rotatable bonds is 2. The third kappa shape index (κ3) is 1.52. The summed E-state index contributed by atoms with van der Waals surface area (Å²) in [6.45, 7) is 2.30. The Morgan fingerprint density at radius 3 is 2.69 bits per heavy atom. The van der Waals surface area contributed by atoms with Crippen LogP contribution in [-0.2, 0) is 0 Å². The molecule has 0 bridgehead atoms. The van der Waals surface area contributed by atoms with Crippen molar-refractivity contribution in [2.45, 2.75) is 6.92 Å². The standard InChI is InChI=1S/C12H11N3O/c1-2-16-12-10(7-13)8-5-3-4-6-9(8)11(14)15-12/h3-6H,2H2,1H3,(H2,14,15). The molecule has 0 radical (unpaired) electrons. The molecule has 0 saturated carbocycles. The smallest absolute Gasteiger partial charge is 0.234 e. The van der Waals surface area contributed by atoms with Gasteiger partial charge in [-0.1, -0.05) is 24.3 Å². The zero-order valence-corrected chi connectivity index (χ0v) is 8.90. The van der Waals surface area contributed by atoms with E-state index in [4.69, 9.17) is 15.7 Å². The molecule has 4 heteroatoms. The van der Waals surface area contributed by atoms with Gasteiger partial charge in [0.2, 0.25) is 5.88 Å². The second-order valence-electron chi connectivity index (χ2n) is 3.27. The highest BCUT2D eigenvalue weighted by molar-refractivity contribution is 5.96. The highest BCUT2D eigenvalue weighted by Gasteiger charge is 2.12. The summed E-state index contributed by atoms with van der Waals surface area (Å²) in [4.78, 5) is 4.09. The lowest BCUT2D eigenvalue weighted by molar-refractivity contribution is 0.327. The SMILES string of the molecule is CCOc1nc(N)c2ccccc2c1C#N. The molecule has 1 heterocycles. The van der Waals surface area contributed by atoms with Crippen molar-refractivity contribution < 1.29 is 4.74 Å². The Kier molecular flexibility index (Phi) is 2.61. The first-order chi connectivity index (χ1) is 7.77. The Morgan fingerprint density at radius 1 is 1.38 bits per heavy atom. The van der Waals surface area contributed by atoms with Crippen LogP contribution in [0.3, 0.4) is 0 Å². The van der Waals surface area contributed by atoms with Crippen LogP contribution in [0.25, 0.3) is 10.8 Å². The van der Waals surface area contributed by atoms with E-state index in [0.717, 1.165) is 10.8 Å². The molecule has 0 aliphatic rings. The van der Waals surface area contributed by atoms with Gasteiger partial charge in [-0.3, -0.25) is 0 Å². The minimum Gasteiger partial charge on any atom is -0.477 e. The van der Waals surface area contributed by atoms with Gasteiger partial charge in [0.15, 0.2) is 0 Å². The Morgan fingerprint density at radius 2 is 2.06 bits per heavy atom. The fourth-order valence-corrected chi connectivity index (χ4v) is 1.61. The molecule has 1 aromatic carbocycles. The van der Waals surface area contributed by atoms with Crippen molar-refractivity contribution >= 4 is 16.6 Å². The van der Waals surface area contributed by atoms with E-state index < -0.39 is 0 Å². The van der Waals surface area contributed by atoms with Crippen molar-refractivity contribution in [2.75, 3.05) is 12.3 Å². The number of hydrogen-bond donors (Lipinski definition) is 1. The largest absolute Gasteiger partial charge is 0.477 e. The van der Waals surface area contributed by atoms with E-state index in [0.29, 0.717) is 23.9 Å². The lowest BCUT2D eigenvalue weighted by Crippen LogP contribution is -2.01. The molecule has 0 amide bonds. The summed E-state index contributed by atoms with van der Waals surface area (Å²) in [5, 5.41) is 10.7. The van der Waals surface area contributed by atoms with E-state index in [1.54, 1.807) is 0 Å². The average Bonchev–Trinajstić information content (AvgIpc) is 2.30. The van der Waals surface area contributed by atoms with Crippen LogP contribution in [0.15, 0.2) is 24.3 Å². The number of ether oxygens (including phenoxy) is 1. The molecule has 1 aromatic heterocycles. The van der Waals surface area contributed by atoms with Crippen molar-refractivity contribution in [3.8, 4) is 11.9 Å². The summed E-state index contributed by atoms with van der Waals surface area (Å²) in [5.74, 6) is 0.694. The second-order valence-corrected chi connectivity index (χ2v) is 3.27. The number of aromatic nitrogens is 1. The topological polar surface area (TPSA) is 71.9 Å². The Hall–Kier alpha value is -2.28. The number of fused-ring (bicyclic) bond motifs is 1. The van der Waals surface area contributed by atoms with Gasteiger partial charge in [-0.25, -0.2) is 0 Å². The molecular formula is C12H11N3O. The molecule has 0 unspecified atom stereocenters. The van der Waals surface area contributed by atoms with Crippen molar-refractivity contribution in [3.63, 3.8) is 0 Å². The molecule has 0 spiro atoms. The summed E-state index contributed by atoms with van der Waals surface area (Å²) >= 11 is 0. The van der Waals surface area contributed by atoms with E-state index in [9.17, 15) is 0 Å². The van der Waals surface area contributed by atoms with Gasteiger partial charge < -0.3 is 10.5 Å². The van der Waals surface area contributed by atoms with Crippen LogP contribution in [0.1, 0.15) is 12.5 Å². The normalized spacial score (nSPS) is 10.0. The van der Waals surface area contributed by atoms with E-state index in [1.807, 2.05) is 31.2 Å². The minimum atomic E-state index is 0.307. The van der Waals surface area contributed by atoms with Gasteiger partial charge in [0, 0.05) is 10.8 Å². The Labute approximate surface area is 93.3 Å². The molecule has 0 atom stereocenters. The van der Waals surface area contributed by atoms with Gasteiger partial charge in [-0.05, 0) is 6.92 Å². The molecule has 16 heavy (non-hydrogen) atoms. The van der Waals surface area contributed by atoms with Crippen molar-refractivity contribution in [2.24, 2.45) is 0 Å². The maximum Gasteiger partial charge on any atom is 0.234 e. The highest BCUT2D eigenvalue weighted by atomic mass is 16.5. The molecule has 0 aliphatic heterocycles. The highest BCUT2D eigenvalue weighted by Crippen LogP contribution is 2.28. The molecule has 4 nitrogen and oxygen atoms in total. The number of nitrogens with zero attached hydrogens (tertiary/aromatic N) is 2. The van der Waals surface area contributed by atoms with Crippen LogP contribution in [0.2, 0.25) is 0 Å². The fraction of sp³-hybridized carbons (Fsp3) is 0.167. The summed E-state index contributed by atoms with van der Waals surface area (Å²) in [6.07, 6.45) is 0. The average molecular weight is 213 g/mol. The molecule has 0 saturated heterocycles. The fourth-order valence-electron chi connectivity index (χ4n) is 1.61. The van der Waals surface area contributed by atoms with Crippen LogP contribution in [-0.4, -0.2) is 11.6 Å². The van der Waals surface area contributed by atoms with Gasteiger partial charge in [0.25, 0.3) is 0 Å². The van der Waals surface area contributed by atoms with Crippen molar-refractivity contribution in [1.29, 1.82) is 5.26 Å². The quantitative estimate of drug-likeness (QED) is 0.829. The van der Waals surface area contributed by atoms with Crippen LogP contribution in [0.5, 0.6) is 5.88 Å². The van der Waals surface area contributed by atoms with Gasteiger partial charge in [0.05, 0.1) is 6.61 Å². The predicted octanol–water partition coefficient (Wildman–Crippen LogP) is 2.09. The first kappa shape index (κ1) is 10.2. The number of nitrogens with two attached hydrogens (primary N) is 1. The molecule has 2 aromatic rings. The van der Waals surface area contributed by atoms with Gasteiger partial charge in [-0.15, -0.1) is 0 Å². The number of pyridine rings is 1. The molecule has 0 aliphatic carbocycles. The first-order valence-corrected chi connectivity index (χ1v) is 4.99. The second kappa shape index (κ2) is 4.07. The van der Waals surface area contributed by atoms with Gasteiger partial charge in [0.1, 0.15) is 17.5 Å². The Bertz CT molecular complexity index is 572. The molecule has 0 fully saturated rings. The lowest BCUT2D eigenvalue weighted by atomic mass is 10.1. The van der Waals surface area contributed by atoms with Gasteiger partial charge >= 0.3 is 0 Å². The zero-order chi connectivity index (χ0) is 11.5. The van der Waals surface area contributed by atoms with Crippen LogP contribution >= 0.6 is 0 Å². The molecule has 80 valence electrons. The summed E-state index contributed by atoms with van der Waals surface area (Å²) < 4.78 is 5.30. The Balaban J connectivity index is 2.81. The van der Waals surface area contributed by atoms with E-state index >= 15 is 0 Å². The number of hydrogen-bond acceptors (Lipinski definition) is 4. The third-order valence-electron chi connectivity index (χ3n) is 2.30. The number of nitrogen functional groups attached to an aromatic ring is 1. The van der Waals surface area contributed by atoms with Crippen molar-refractivity contribution in [1.82, 2.24) is 4.98 Å². The van der Waals surface area contributed by atoms with Crippen LogP contribution in [0.4, 0.5) is 5.82 Å². The maximum absolute atomic E-state index is 9.12. The molecule has 2 rings (SSSR count). The predicted molar refractivity (Wildman–Crippen MR) is 62.0 cm³/mol. The maximum atomic E-state index is 9.12. The molecular weight excluding hydrogens is 202 g/mol. The number of anilines is 1. The monoisotopic (exact) mass is 213 g/mol. The third-order valence-corrected chi connectivity index (χ3v) is 2.30. The van der Waals surface area contributed by atoms with E-state index in [2.05, 4.69) is 11.1 Å². The minimum absolute atomic E-state index is 0.307. The van der Waals surface area contributed by atoms with Gasteiger partial charge in [-0.2, -0.15) is 10.2 Å².